The maximum absolute atomic E-state index is 10.5. The first kappa shape index (κ1) is 14.9. The number of benzene rings is 1. The molecule has 0 fully saturated rings. The van der Waals surface area contributed by atoms with Crippen molar-refractivity contribution in [2.45, 2.75) is 10.9 Å². The van der Waals surface area contributed by atoms with Crippen LogP contribution in [0.2, 0.25) is 0 Å². The van der Waals surface area contributed by atoms with E-state index in [1.807, 2.05) is 24.3 Å². The molecule has 0 atom stereocenters. The van der Waals surface area contributed by atoms with Crippen molar-refractivity contribution in [3.63, 3.8) is 0 Å². The Labute approximate surface area is 125 Å². The highest BCUT2D eigenvalue weighted by Crippen LogP contribution is 2.21. The predicted octanol–water partition coefficient (Wildman–Crippen LogP) is 2.03. The number of hydrogen-bond acceptors (Lipinski definition) is 6. The van der Waals surface area contributed by atoms with Crippen molar-refractivity contribution < 1.29 is 9.90 Å². The van der Waals surface area contributed by atoms with Gasteiger partial charge in [0.05, 0.1) is 0 Å². The normalized spacial score (nSPS) is 10.9. The van der Waals surface area contributed by atoms with Crippen LogP contribution in [0.5, 0.6) is 0 Å². The van der Waals surface area contributed by atoms with Crippen LogP contribution in [0.1, 0.15) is 11.1 Å². The number of carboxylic acid groups (broad SMARTS) is 1. The molecule has 6 nitrogen and oxygen atoms in total. The van der Waals surface area contributed by atoms with Gasteiger partial charge in [-0.3, -0.25) is 0 Å². The van der Waals surface area contributed by atoms with Gasteiger partial charge in [-0.05, 0) is 17.2 Å². The van der Waals surface area contributed by atoms with Crippen molar-refractivity contribution >= 4 is 35.4 Å². The molecule has 5 N–H and O–H groups in total. The number of thioether (sulfide) groups is 1. The fourth-order valence-corrected chi connectivity index (χ4v) is 2.44. The number of carboxylic acids is 1. The zero-order chi connectivity index (χ0) is 15.2. The molecule has 0 aliphatic rings. The van der Waals surface area contributed by atoms with Crippen LogP contribution in [0.3, 0.4) is 0 Å². The topological polar surface area (TPSA) is 115 Å². The highest BCUT2D eigenvalue weighted by atomic mass is 32.2. The first-order valence-electron chi connectivity index (χ1n) is 6.06. The van der Waals surface area contributed by atoms with Crippen molar-refractivity contribution in [3.05, 3.63) is 47.5 Å². The van der Waals surface area contributed by atoms with E-state index in [2.05, 4.69) is 9.97 Å². The minimum Gasteiger partial charge on any atom is -0.478 e. The summed E-state index contributed by atoms with van der Waals surface area (Å²) in [5.41, 5.74) is 13.1. The molecule has 7 heteroatoms. The van der Waals surface area contributed by atoms with E-state index in [9.17, 15) is 4.79 Å². The number of rotatable bonds is 5. The summed E-state index contributed by atoms with van der Waals surface area (Å²) in [5, 5.41) is 9.13. The molecular weight excluding hydrogens is 288 g/mol. The minimum atomic E-state index is -0.974. The van der Waals surface area contributed by atoms with E-state index in [0.29, 0.717) is 22.5 Å². The van der Waals surface area contributed by atoms with Gasteiger partial charge >= 0.3 is 5.97 Å². The van der Waals surface area contributed by atoms with E-state index < -0.39 is 5.97 Å². The van der Waals surface area contributed by atoms with Gasteiger partial charge in [0.2, 0.25) is 0 Å². The number of nitrogens with zero attached hydrogens (tertiary/aromatic N) is 2. The SMILES string of the molecule is Nc1cc(N)nc(SCc2cccc(C=CC(=O)O)c2)n1. The molecule has 0 saturated heterocycles. The lowest BCUT2D eigenvalue weighted by atomic mass is 10.1. The molecule has 0 aliphatic heterocycles. The van der Waals surface area contributed by atoms with Gasteiger partial charge in [-0.15, -0.1) is 0 Å². The number of nitrogens with two attached hydrogens (primary N) is 2. The Balaban J connectivity index is 2.06. The van der Waals surface area contributed by atoms with Crippen LogP contribution < -0.4 is 11.5 Å². The molecule has 2 aromatic rings. The first-order chi connectivity index (χ1) is 10.0. The fraction of sp³-hybridized carbons (Fsp3) is 0.0714. The Morgan fingerprint density at radius 3 is 2.62 bits per heavy atom. The van der Waals surface area contributed by atoms with Crippen molar-refractivity contribution in [3.8, 4) is 0 Å². The molecule has 0 radical (unpaired) electrons. The summed E-state index contributed by atoms with van der Waals surface area (Å²) in [7, 11) is 0. The van der Waals surface area contributed by atoms with Crippen LogP contribution in [-0.2, 0) is 10.5 Å². The van der Waals surface area contributed by atoms with E-state index in [4.69, 9.17) is 16.6 Å². The lowest BCUT2D eigenvalue weighted by Crippen LogP contribution is -1.99. The molecule has 2 rings (SSSR count). The Morgan fingerprint density at radius 2 is 1.95 bits per heavy atom. The number of anilines is 2. The van der Waals surface area contributed by atoms with Crippen molar-refractivity contribution in [2.75, 3.05) is 11.5 Å². The highest BCUT2D eigenvalue weighted by Gasteiger charge is 2.03. The number of carbonyl (C=O) groups is 1. The summed E-state index contributed by atoms with van der Waals surface area (Å²) in [6, 6.07) is 9.05. The lowest BCUT2D eigenvalue weighted by molar-refractivity contribution is -0.131. The Bertz CT molecular complexity index is 668. The standard InChI is InChI=1S/C14H14N4O2S/c15-11-7-12(16)18-14(17-11)21-8-10-3-1-2-9(6-10)4-5-13(19)20/h1-7H,8H2,(H,19,20)(H4,15,16,17,18). The molecule has 0 bridgehead atoms. The third-order valence-corrected chi connectivity index (χ3v) is 3.40. The maximum Gasteiger partial charge on any atom is 0.328 e. The molecule has 21 heavy (non-hydrogen) atoms. The van der Waals surface area contributed by atoms with E-state index in [1.165, 1.54) is 17.8 Å². The molecule has 0 spiro atoms. The Kier molecular flexibility index (Phi) is 4.78. The number of hydrogen-bond donors (Lipinski definition) is 3. The quantitative estimate of drug-likeness (QED) is 0.439. The summed E-state index contributed by atoms with van der Waals surface area (Å²) < 4.78 is 0. The van der Waals surface area contributed by atoms with Crippen LogP contribution in [0, 0.1) is 0 Å². The van der Waals surface area contributed by atoms with Gasteiger partial charge in [-0.25, -0.2) is 14.8 Å². The van der Waals surface area contributed by atoms with Crippen molar-refractivity contribution in [1.29, 1.82) is 0 Å². The molecule has 0 aliphatic carbocycles. The summed E-state index contributed by atoms with van der Waals surface area (Å²) >= 11 is 1.41. The second-order valence-corrected chi connectivity index (χ2v) is 5.15. The second-order valence-electron chi connectivity index (χ2n) is 4.21. The first-order valence-corrected chi connectivity index (χ1v) is 7.04. The number of aromatic nitrogens is 2. The molecule has 1 heterocycles. The number of aliphatic carboxylic acids is 1. The summed E-state index contributed by atoms with van der Waals surface area (Å²) in [4.78, 5) is 18.7. The fourth-order valence-electron chi connectivity index (χ4n) is 1.63. The van der Waals surface area contributed by atoms with Crippen LogP contribution in [-0.4, -0.2) is 21.0 Å². The van der Waals surface area contributed by atoms with Gasteiger partial charge in [0.15, 0.2) is 5.16 Å². The Morgan fingerprint density at radius 1 is 1.24 bits per heavy atom. The van der Waals surface area contributed by atoms with Crippen LogP contribution >= 0.6 is 11.8 Å². The average Bonchev–Trinajstić information content (AvgIpc) is 2.42. The summed E-state index contributed by atoms with van der Waals surface area (Å²) in [6.07, 6.45) is 2.65. The van der Waals surface area contributed by atoms with E-state index in [0.717, 1.165) is 17.2 Å². The molecule has 108 valence electrons. The summed E-state index contributed by atoms with van der Waals surface area (Å²) in [6.45, 7) is 0. The maximum atomic E-state index is 10.5. The third-order valence-electron chi connectivity index (χ3n) is 2.48. The van der Waals surface area contributed by atoms with Crippen molar-refractivity contribution in [1.82, 2.24) is 9.97 Å². The van der Waals surface area contributed by atoms with Gasteiger partial charge in [0.25, 0.3) is 0 Å². The molecule has 0 saturated carbocycles. The monoisotopic (exact) mass is 302 g/mol. The van der Waals surface area contributed by atoms with E-state index in [1.54, 1.807) is 6.08 Å². The average molecular weight is 302 g/mol. The van der Waals surface area contributed by atoms with Crippen LogP contribution in [0.25, 0.3) is 6.08 Å². The predicted molar refractivity (Wildman–Crippen MR) is 83.5 cm³/mol. The minimum absolute atomic E-state index is 0.336. The molecule has 0 unspecified atom stereocenters. The van der Waals surface area contributed by atoms with Crippen molar-refractivity contribution in [2.24, 2.45) is 0 Å². The van der Waals surface area contributed by atoms with E-state index in [-0.39, 0.29) is 0 Å². The van der Waals surface area contributed by atoms with Gasteiger partial charge < -0.3 is 16.6 Å². The van der Waals surface area contributed by atoms with Gasteiger partial charge in [0, 0.05) is 17.9 Å². The van der Waals surface area contributed by atoms with Crippen LogP contribution in [0.15, 0.2) is 41.6 Å². The zero-order valence-electron chi connectivity index (χ0n) is 11.1. The Hall–Kier alpha value is -2.54. The van der Waals surface area contributed by atoms with E-state index >= 15 is 0 Å². The number of nitrogen functional groups attached to an aromatic ring is 2. The molecular formula is C14H14N4O2S. The third kappa shape index (κ3) is 4.81. The molecule has 1 aromatic carbocycles. The smallest absolute Gasteiger partial charge is 0.328 e. The van der Waals surface area contributed by atoms with Gasteiger partial charge in [-0.1, -0.05) is 36.0 Å². The largest absolute Gasteiger partial charge is 0.478 e. The molecule has 1 aromatic heterocycles. The van der Waals surface area contributed by atoms with Crippen LogP contribution in [0.4, 0.5) is 11.6 Å². The second kappa shape index (κ2) is 6.76. The summed E-state index contributed by atoms with van der Waals surface area (Å²) in [5.74, 6) is 0.335. The van der Waals surface area contributed by atoms with Gasteiger partial charge in [-0.2, -0.15) is 0 Å². The lowest BCUT2D eigenvalue weighted by Gasteiger charge is -2.04. The molecule has 0 amide bonds. The highest BCUT2D eigenvalue weighted by molar-refractivity contribution is 7.98. The zero-order valence-corrected chi connectivity index (χ0v) is 11.9. The van der Waals surface area contributed by atoms with Gasteiger partial charge in [0.1, 0.15) is 11.6 Å².